The third-order valence-electron chi connectivity index (χ3n) is 2.95. The van der Waals surface area contributed by atoms with Gasteiger partial charge in [0.25, 0.3) is 0 Å². The molecule has 0 saturated heterocycles. The van der Waals surface area contributed by atoms with Crippen molar-refractivity contribution in [3.63, 3.8) is 0 Å². The third kappa shape index (κ3) is 2.22. The topological polar surface area (TPSA) is 101 Å². The molecule has 2 heterocycles. The lowest BCUT2D eigenvalue weighted by atomic mass is 10.2. The first-order valence-corrected chi connectivity index (χ1v) is 5.98. The molecule has 0 aliphatic rings. The largest absolute Gasteiger partial charge is 0.337 e. The van der Waals surface area contributed by atoms with E-state index < -0.39 is 0 Å². The van der Waals surface area contributed by atoms with E-state index in [1.54, 1.807) is 7.05 Å². The van der Waals surface area contributed by atoms with Gasteiger partial charge in [-0.2, -0.15) is 20.4 Å². The summed E-state index contributed by atoms with van der Waals surface area (Å²) < 4.78 is 5.13. The number of rotatable bonds is 3. The molecule has 0 saturated carbocycles. The van der Waals surface area contributed by atoms with E-state index in [0.29, 0.717) is 11.7 Å². The van der Waals surface area contributed by atoms with Gasteiger partial charge in [0.15, 0.2) is 0 Å². The van der Waals surface area contributed by atoms with E-state index in [0.717, 1.165) is 16.6 Å². The molecule has 1 N–H and O–H groups in total. The van der Waals surface area contributed by atoms with Crippen LogP contribution in [0.1, 0.15) is 12.8 Å². The van der Waals surface area contributed by atoms with E-state index in [-0.39, 0.29) is 12.5 Å². The fourth-order valence-electron chi connectivity index (χ4n) is 1.73. The number of H-pyrrole nitrogens is 1. The van der Waals surface area contributed by atoms with Crippen LogP contribution in [0.5, 0.6) is 0 Å². The average molecular weight is 272 g/mol. The minimum absolute atomic E-state index is 0.0613. The monoisotopic (exact) mass is 272 g/mol. The Labute approximate surface area is 113 Å². The molecular weight excluding hydrogens is 260 g/mol. The number of hydrogen-bond donors (Lipinski definition) is 1. The van der Waals surface area contributed by atoms with Crippen molar-refractivity contribution >= 4 is 16.9 Å². The molecule has 102 valence electrons. The van der Waals surface area contributed by atoms with Crippen molar-refractivity contribution in [1.29, 1.82) is 0 Å². The zero-order valence-corrected chi connectivity index (χ0v) is 11.0. The predicted octanol–water partition coefficient (Wildman–Crippen LogP) is 0.986. The number of hydrogen-bond acceptors (Lipinski definition) is 6. The maximum absolute atomic E-state index is 11.2. The molecule has 0 spiro atoms. The number of benzene rings is 1. The van der Waals surface area contributed by atoms with E-state index in [9.17, 15) is 4.79 Å². The van der Waals surface area contributed by atoms with Gasteiger partial charge in [-0.1, -0.05) is 5.16 Å². The van der Waals surface area contributed by atoms with Crippen LogP contribution in [-0.2, 0) is 11.3 Å². The van der Waals surface area contributed by atoms with E-state index in [1.165, 1.54) is 11.8 Å². The van der Waals surface area contributed by atoms with Gasteiger partial charge in [0.2, 0.25) is 17.6 Å². The molecule has 1 aromatic carbocycles. The van der Waals surface area contributed by atoms with Crippen LogP contribution >= 0.6 is 0 Å². The molecule has 0 aliphatic carbocycles. The zero-order chi connectivity index (χ0) is 14.1. The molecule has 0 atom stereocenters. The van der Waals surface area contributed by atoms with Crippen molar-refractivity contribution in [3.05, 3.63) is 24.1 Å². The maximum Gasteiger partial charge on any atom is 0.246 e. The first-order chi connectivity index (χ1) is 9.63. The molecular formula is C12H12N6O2. The molecule has 20 heavy (non-hydrogen) atoms. The number of nitrogens with one attached hydrogen (secondary N) is 1. The molecule has 3 aromatic rings. The predicted molar refractivity (Wildman–Crippen MR) is 69.3 cm³/mol. The van der Waals surface area contributed by atoms with Crippen molar-refractivity contribution in [3.8, 4) is 11.4 Å². The van der Waals surface area contributed by atoms with Gasteiger partial charge in [-0.25, -0.2) is 0 Å². The highest BCUT2D eigenvalue weighted by Gasteiger charge is 2.13. The van der Waals surface area contributed by atoms with Gasteiger partial charge in [-0.15, -0.1) is 0 Å². The highest BCUT2D eigenvalue weighted by atomic mass is 16.5. The zero-order valence-electron chi connectivity index (χ0n) is 11.0. The van der Waals surface area contributed by atoms with Gasteiger partial charge >= 0.3 is 0 Å². The van der Waals surface area contributed by atoms with Crippen LogP contribution in [-0.4, -0.2) is 43.4 Å². The normalized spacial score (nSPS) is 10.9. The Morgan fingerprint density at radius 2 is 2.15 bits per heavy atom. The van der Waals surface area contributed by atoms with E-state index in [2.05, 4.69) is 25.6 Å². The Hall–Kier alpha value is -2.77. The SMILES string of the molecule is CC(=O)N(C)Cc1nc(-c2ccc3n[nH]nc3c2)no1. The van der Waals surface area contributed by atoms with Crippen LogP contribution in [0, 0.1) is 0 Å². The molecule has 0 aliphatic heterocycles. The van der Waals surface area contributed by atoms with E-state index >= 15 is 0 Å². The van der Waals surface area contributed by atoms with Crippen LogP contribution < -0.4 is 0 Å². The van der Waals surface area contributed by atoms with Crippen LogP contribution in [0.25, 0.3) is 22.4 Å². The maximum atomic E-state index is 11.2. The van der Waals surface area contributed by atoms with Crippen molar-refractivity contribution < 1.29 is 9.32 Å². The minimum atomic E-state index is -0.0613. The molecule has 3 rings (SSSR count). The van der Waals surface area contributed by atoms with Crippen molar-refractivity contribution in [1.82, 2.24) is 30.5 Å². The lowest BCUT2D eigenvalue weighted by Crippen LogP contribution is -2.23. The minimum Gasteiger partial charge on any atom is -0.337 e. The summed E-state index contributed by atoms with van der Waals surface area (Å²) in [6, 6.07) is 5.49. The van der Waals surface area contributed by atoms with Gasteiger partial charge in [0, 0.05) is 19.5 Å². The number of aromatic nitrogens is 5. The highest BCUT2D eigenvalue weighted by molar-refractivity contribution is 5.79. The van der Waals surface area contributed by atoms with Crippen molar-refractivity contribution in [2.24, 2.45) is 0 Å². The smallest absolute Gasteiger partial charge is 0.246 e. The number of carbonyl (C=O) groups is 1. The van der Waals surface area contributed by atoms with Crippen molar-refractivity contribution in [2.75, 3.05) is 7.05 Å². The number of fused-ring (bicyclic) bond motifs is 1. The third-order valence-corrected chi connectivity index (χ3v) is 2.95. The molecule has 0 fully saturated rings. The van der Waals surface area contributed by atoms with Gasteiger partial charge in [0.1, 0.15) is 11.0 Å². The Bertz CT molecular complexity index is 762. The Morgan fingerprint density at radius 1 is 1.35 bits per heavy atom. The molecule has 0 unspecified atom stereocenters. The quantitative estimate of drug-likeness (QED) is 0.762. The molecule has 8 heteroatoms. The summed E-state index contributed by atoms with van der Waals surface area (Å²) in [6.07, 6.45) is 0. The van der Waals surface area contributed by atoms with Crippen LogP contribution in [0.3, 0.4) is 0 Å². The first kappa shape index (κ1) is 12.3. The summed E-state index contributed by atoms with van der Waals surface area (Å²) in [5.41, 5.74) is 2.29. The van der Waals surface area contributed by atoms with Crippen LogP contribution in [0.2, 0.25) is 0 Å². The summed E-state index contributed by atoms with van der Waals surface area (Å²) in [7, 11) is 1.67. The molecule has 0 radical (unpaired) electrons. The molecule has 1 amide bonds. The molecule has 8 nitrogen and oxygen atoms in total. The van der Waals surface area contributed by atoms with Crippen LogP contribution in [0.4, 0.5) is 0 Å². The second kappa shape index (κ2) is 4.72. The van der Waals surface area contributed by atoms with Crippen LogP contribution in [0.15, 0.2) is 22.7 Å². The van der Waals surface area contributed by atoms with Gasteiger partial charge in [-0.3, -0.25) is 4.79 Å². The summed E-state index contributed by atoms with van der Waals surface area (Å²) in [6.45, 7) is 1.77. The average Bonchev–Trinajstić information content (AvgIpc) is 3.05. The van der Waals surface area contributed by atoms with Gasteiger partial charge in [0.05, 0.1) is 6.54 Å². The Balaban J connectivity index is 1.87. The number of carbonyl (C=O) groups excluding carboxylic acids is 1. The van der Waals surface area contributed by atoms with Crippen molar-refractivity contribution in [2.45, 2.75) is 13.5 Å². The second-order valence-electron chi connectivity index (χ2n) is 4.41. The molecule has 2 aromatic heterocycles. The van der Waals surface area contributed by atoms with E-state index in [4.69, 9.17) is 4.52 Å². The second-order valence-corrected chi connectivity index (χ2v) is 4.41. The summed E-state index contributed by atoms with van der Waals surface area (Å²) in [5.74, 6) is 0.786. The van der Waals surface area contributed by atoms with Gasteiger partial charge in [-0.05, 0) is 18.2 Å². The summed E-state index contributed by atoms with van der Waals surface area (Å²) in [4.78, 5) is 16.9. The number of nitrogens with zero attached hydrogens (tertiary/aromatic N) is 5. The Kier molecular flexibility index (Phi) is 2.90. The highest BCUT2D eigenvalue weighted by Crippen LogP contribution is 2.20. The van der Waals surface area contributed by atoms with E-state index in [1.807, 2.05) is 18.2 Å². The Morgan fingerprint density at radius 3 is 2.95 bits per heavy atom. The fraction of sp³-hybridized carbons (Fsp3) is 0.250. The summed E-state index contributed by atoms with van der Waals surface area (Å²) in [5, 5.41) is 14.4. The summed E-state index contributed by atoms with van der Waals surface area (Å²) >= 11 is 0. The fourth-order valence-corrected chi connectivity index (χ4v) is 1.73. The lowest BCUT2D eigenvalue weighted by molar-refractivity contribution is -0.128. The number of amides is 1. The number of aromatic amines is 1. The standard InChI is InChI=1S/C12H12N6O2/c1-7(19)18(2)6-11-13-12(16-20-11)8-3-4-9-10(5-8)15-17-14-9/h3-5H,6H2,1-2H3,(H,14,15,17). The van der Waals surface area contributed by atoms with Gasteiger partial charge < -0.3 is 9.42 Å². The first-order valence-electron chi connectivity index (χ1n) is 5.98. The lowest BCUT2D eigenvalue weighted by Gasteiger charge is -2.10. The molecule has 0 bridgehead atoms.